The Morgan fingerprint density at radius 3 is 2.16 bits per heavy atom. The van der Waals surface area contributed by atoms with E-state index in [2.05, 4.69) is 0 Å². The Bertz CT molecular complexity index is 1060. The molecule has 0 aliphatic carbocycles. The number of imide groups is 1. The molecule has 0 saturated carbocycles. The summed E-state index contributed by atoms with van der Waals surface area (Å²) in [5.74, 6) is -0.278. The quantitative estimate of drug-likeness (QED) is 0.690. The molecule has 2 aromatic rings. The normalized spacial score (nSPS) is 15.9. The Labute approximate surface area is 186 Å². The first kappa shape index (κ1) is 21.5. The van der Waals surface area contributed by atoms with E-state index in [1.807, 2.05) is 19.9 Å². The predicted molar refractivity (Wildman–Crippen MR) is 117 cm³/mol. The van der Waals surface area contributed by atoms with Crippen molar-refractivity contribution >= 4 is 23.8 Å². The molecule has 2 aromatic carbocycles. The molecular formula is C24H25N3O5. The summed E-state index contributed by atoms with van der Waals surface area (Å²) in [5, 5.41) is 0. The Hall–Kier alpha value is -3.68. The van der Waals surface area contributed by atoms with Gasteiger partial charge in [0.15, 0.2) is 0 Å². The highest BCUT2D eigenvalue weighted by atomic mass is 16.6. The summed E-state index contributed by atoms with van der Waals surface area (Å²) < 4.78 is 5.35. The number of ether oxygens (including phenoxy) is 1. The zero-order valence-corrected chi connectivity index (χ0v) is 18.1. The second kappa shape index (κ2) is 8.82. The lowest BCUT2D eigenvalue weighted by Crippen LogP contribution is -2.51. The van der Waals surface area contributed by atoms with Gasteiger partial charge in [0.2, 0.25) is 0 Å². The summed E-state index contributed by atoms with van der Waals surface area (Å²) in [4.78, 5) is 55.0. The van der Waals surface area contributed by atoms with E-state index in [4.69, 9.17) is 4.74 Å². The van der Waals surface area contributed by atoms with E-state index in [-0.39, 0.29) is 29.2 Å². The first-order chi connectivity index (χ1) is 15.3. The minimum Gasteiger partial charge on any atom is -0.410 e. The van der Waals surface area contributed by atoms with Gasteiger partial charge in [-0.15, -0.1) is 0 Å². The van der Waals surface area contributed by atoms with Crippen LogP contribution in [0.1, 0.15) is 44.9 Å². The lowest BCUT2D eigenvalue weighted by atomic mass is 10.0. The SMILES string of the molecule is CC(C)CN1C(=O)c2ccc(C(=O)N3CCN(C(=O)Oc4ccccc4)CC3)cc2C1=O. The van der Waals surface area contributed by atoms with Crippen LogP contribution in [0.2, 0.25) is 0 Å². The fourth-order valence-electron chi connectivity index (χ4n) is 3.88. The summed E-state index contributed by atoms with van der Waals surface area (Å²) in [6.45, 7) is 5.63. The van der Waals surface area contributed by atoms with E-state index in [0.717, 1.165) is 0 Å². The lowest BCUT2D eigenvalue weighted by molar-refractivity contribution is 0.0631. The molecule has 4 rings (SSSR count). The Kier molecular flexibility index (Phi) is 5.94. The standard InChI is InChI=1S/C24H25N3O5/c1-16(2)15-27-22(29)19-9-8-17(14-20(19)23(27)30)21(28)25-10-12-26(13-11-25)24(31)32-18-6-4-3-5-7-18/h3-9,14,16H,10-13,15H2,1-2H3. The van der Waals surface area contributed by atoms with Crippen molar-refractivity contribution in [1.82, 2.24) is 14.7 Å². The number of carbonyl (C=O) groups is 4. The van der Waals surface area contributed by atoms with Crippen molar-refractivity contribution in [1.29, 1.82) is 0 Å². The average molecular weight is 435 g/mol. The second-order valence-electron chi connectivity index (χ2n) is 8.34. The fourth-order valence-corrected chi connectivity index (χ4v) is 3.88. The molecule has 0 atom stereocenters. The van der Waals surface area contributed by atoms with E-state index in [1.54, 1.807) is 46.2 Å². The van der Waals surface area contributed by atoms with Crippen LogP contribution in [0.4, 0.5) is 4.79 Å². The highest BCUT2D eigenvalue weighted by molar-refractivity contribution is 6.22. The highest BCUT2D eigenvalue weighted by Crippen LogP contribution is 2.25. The van der Waals surface area contributed by atoms with Gasteiger partial charge in [-0.05, 0) is 36.2 Å². The van der Waals surface area contributed by atoms with Gasteiger partial charge in [0.1, 0.15) is 5.75 Å². The molecule has 0 bridgehead atoms. The molecule has 0 unspecified atom stereocenters. The number of hydrogen-bond donors (Lipinski definition) is 0. The minimum atomic E-state index is -0.449. The molecule has 1 fully saturated rings. The van der Waals surface area contributed by atoms with E-state index >= 15 is 0 Å². The molecule has 2 heterocycles. The number of rotatable bonds is 4. The predicted octanol–water partition coefficient (Wildman–Crippen LogP) is 2.90. The molecule has 0 aromatic heterocycles. The number of benzene rings is 2. The van der Waals surface area contributed by atoms with Gasteiger partial charge in [-0.1, -0.05) is 32.0 Å². The van der Waals surface area contributed by atoms with Crippen molar-refractivity contribution in [3.05, 3.63) is 65.2 Å². The van der Waals surface area contributed by atoms with Crippen molar-refractivity contribution in [2.45, 2.75) is 13.8 Å². The van der Waals surface area contributed by atoms with Crippen LogP contribution in [0.25, 0.3) is 0 Å². The van der Waals surface area contributed by atoms with Crippen molar-refractivity contribution in [2.75, 3.05) is 32.7 Å². The molecule has 2 aliphatic heterocycles. The average Bonchev–Trinajstić information content (AvgIpc) is 3.03. The molecule has 166 valence electrons. The third-order valence-corrected chi connectivity index (χ3v) is 5.54. The van der Waals surface area contributed by atoms with Gasteiger partial charge in [-0.3, -0.25) is 19.3 Å². The molecule has 0 N–H and O–H groups in total. The molecule has 4 amide bonds. The minimum absolute atomic E-state index is 0.156. The van der Waals surface area contributed by atoms with Crippen LogP contribution in [0.3, 0.4) is 0 Å². The maximum atomic E-state index is 13.0. The number of amides is 4. The first-order valence-corrected chi connectivity index (χ1v) is 10.7. The first-order valence-electron chi connectivity index (χ1n) is 10.7. The molecular weight excluding hydrogens is 410 g/mol. The van der Waals surface area contributed by atoms with Gasteiger partial charge in [0.25, 0.3) is 17.7 Å². The van der Waals surface area contributed by atoms with Gasteiger partial charge in [-0.2, -0.15) is 0 Å². The largest absolute Gasteiger partial charge is 0.415 e. The summed E-state index contributed by atoms with van der Waals surface area (Å²) in [5.41, 5.74) is 0.962. The molecule has 8 heteroatoms. The molecule has 1 saturated heterocycles. The second-order valence-corrected chi connectivity index (χ2v) is 8.34. The van der Waals surface area contributed by atoms with Crippen molar-refractivity contribution in [2.24, 2.45) is 5.92 Å². The van der Waals surface area contributed by atoms with E-state index in [1.165, 1.54) is 11.0 Å². The number of nitrogens with zero attached hydrogens (tertiary/aromatic N) is 3. The van der Waals surface area contributed by atoms with Crippen molar-refractivity contribution in [3.8, 4) is 5.75 Å². The number of hydrogen-bond acceptors (Lipinski definition) is 5. The van der Waals surface area contributed by atoms with Gasteiger partial charge in [0.05, 0.1) is 11.1 Å². The Morgan fingerprint density at radius 1 is 0.875 bits per heavy atom. The third kappa shape index (κ3) is 4.21. The van der Waals surface area contributed by atoms with E-state index in [9.17, 15) is 19.2 Å². The van der Waals surface area contributed by atoms with Crippen LogP contribution < -0.4 is 4.74 Å². The maximum absolute atomic E-state index is 13.0. The Morgan fingerprint density at radius 2 is 1.50 bits per heavy atom. The molecule has 32 heavy (non-hydrogen) atoms. The molecule has 8 nitrogen and oxygen atoms in total. The number of fused-ring (bicyclic) bond motifs is 1. The monoisotopic (exact) mass is 435 g/mol. The zero-order chi connectivity index (χ0) is 22.8. The summed E-state index contributed by atoms with van der Waals surface area (Å²) in [7, 11) is 0. The maximum Gasteiger partial charge on any atom is 0.415 e. The van der Waals surface area contributed by atoms with Gasteiger partial charge >= 0.3 is 6.09 Å². The van der Waals surface area contributed by atoms with Crippen LogP contribution in [0, 0.1) is 5.92 Å². The van der Waals surface area contributed by atoms with E-state index in [0.29, 0.717) is 49.6 Å². The lowest BCUT2D eigenvalue weighted by Gasteiger charge is -2.34. The smallest absolute Gasteiger partial charge is 0.410 e. The van der Waals surface area contributed by atoms with Gasteiger partial charge < -0.3 is 14.5 Å². The summed E-state index contributed by atoms with van der Waals surface area (Å²) >= 11 is 0. The van der Waals surface area contributed by atoms with Crippen molar-refractivity contribution < 1.29 is 23.9 Å². The molecule has 2 aliphatic rings. The van der Waals surface area contributed by atoms with Crippen LogP contribution >= 0.6 is 0 Å². The molecule has 0 radical (unpaired) electrons. The van der Waals surface area contributed by atoms with Crippen LogP contribution in [-0.4, -0.2) is 71.2 Å². The van der Waals surface area contributed by atoms with Gasteiger partial charge in [0, 0.05) is 38.3 Å². The highest BCUT2D eigenvalue weighted by Gasteiger charge is 2.36. The number of carbonyl (C=O) groups excluding carboxylic acids is 4. The van der Waals surface area contributed by atoms with Crippen LogP contribution in [0.5, 0.6) is 5.75 Å². The fraction of sp³-hybridized carbons (Fsp3) is 0.333. The topological polar surface area (TPSA) is 87.2 Å². The summed E-state index contributed by atoms with van der Waals surface area (Å²) in [6, 6.07) is 13.5. The third-order valence-electron chi connectivity index (χ3n) is 5.54. The van der Waals surface area contributed by atoms with E-state index < -0.39 is 6.09 Å². The Balaban J connectivity index is 1.39. The number of para-hydroxylation sites is 1. The van der Waals surface area contributed by atoms with Crippen molar-refractivity contribution in [3.63, 3.8) is 0 Å². The van der Waals surface area contributed by atoms with Crippen LogP contribution in [0.15, 0.2) is 48.5 Å². The molecule has 0 spiro atoms. The van der Waals surface area contributed by atoms with Gasteiger partial charge in [-0.25, -0.2) is 4.79 Å². The summed E-state index contributed by atoms with van der Waals surface area (Å²) in [6.07, 6.45) is -0.449. The number of piperazine rings is 1. The van der Waals surface area contributed by atoms with Crippen LogP contribution in [-0.2, 0) is 0 Å². The zero-order valence-electron chi connectivity index (χ0n) is 18.1.